The lowest BCUT2D eigenvalue weighted by Crippen LogP contribution is -2.31. The zero-order valence-corrected chi connectivity index (χ0v) is 14.0. The summed E-state index contributed by atoms with van der Waals surface area (Å²) in [6.07, 6.45) is 2.71. The van der Waals surface area contributed by atoms with Crippen LogP contribution in [0.15, 0.2) is 60.8 Å². The molecule has 3 rings (SSSR count). The topological polar surface area (TPSA) is 28.4 Å². The maximum absolute atomic E-state index is 11.7. The van der Waals surface area contributed by atoms with E-state index in [1.54, 1.807) is 0 Å². The van der Waals surface area contributed by atoms with Crippen molar-refractivity contribution in [1.82, 2.24) is 9.47 Å². The minimum atomic E-state index is -0.994. The van der Waals surface area contributed by atoms with E-state index in [4.69, 9.17) is 0 Å². The molecule has 0 amide bonds. The van der Waals surface area contributed by atoms with Gasteiger partial charge in [-0.05, 0) is 32.1 Å². The molecule has 1 heterocycles. The molecule has 0 saturated heterocycles. The largest absolute Gasteiger partial charge is 0.380 e. The van der Waals surface area contributed by atoms with E-state index in [1.807, 2.05) is 63.6 Å². The number of fused-ring (bicyclic) bond motifs is 1. The smallest absolute Gasteiger partial charge is 0.118 e. The fourth-order valence-electron chi connectivity index (χ4n) is 3.21. The van der Waals surface area contributed by atoms with Crippen LogP contribution in [-0.4, -0.2) is 35.2 Å². The number of nitrogens with zero attached hydrogens (tertiary/aromatic N) is 2. The zero-order valence-electron chi connectivity index (χ0n) is 14.0. The van der Waals surface area contributed by atoms with Crippen LogP contribution in [0.2, 0.25) is 0 Å². The van der Waals surface area contributed by atoms with Gasteiger partial charge in [0.05, 0.1) is 0 Å². The minimum absolute atomic E-state index is 0.651. The Morgan fingerprint density at radius 3 is 2.35 bits per heavy atom. The van der Waals surface area contributed by atoms with Gasteiger partial charge in [-0.2, -0.15) is 0 Å². The van der Waals surface area contributed by atoms with Crippen molar-refractivity contribution in [2.75, 3.05) is 20.6 Å². The van der Waals surface area contributed by atoms with Crippen LogP contribution in [0.25, 0.3) is 10.9 Å². The van der Waals surface area contributed by atoms with Crippen molar-refractivity contribution >= 4 is 10.9 Å². The summed E-state index contributed by atoms with van der Waals surface area (Å²) in [5.41, 5.74) is 2.07. The number of hydrogen-bond donors (Lipinski definition) is 1. The van der Waals surface area contributed by atoms with Crippen LogP contribution >= 0.6 is 0 Å². The summed E-state index contributed by atoms with van der Waals surface area (Å²) in [7, 11) is 6.10. The maximum Gasteiger partial charge on any atom is 0.118 e. The lowest BCUT2D eigenvalue weighted by atomic mass is 9.83. The third-order valence-corrected chi connectivity index (χ3v) is 4.51. The maximum atomic E-state index is 11.7. The lowest BCUT2D eigenvalue weighted by molar-refractivity contribution is 0.0642. The second kappa shape index (κ2) is 6.19. The van der Waals surface area contributed by atoms with E-state index in [0.717, 1.165) is 28.6 Å². The first kappa shape index (κ1) is 15.8. The Kier molecular flexibility index (Phi) is 4.24. The summed E-state index contributed by atoms with van der Waals surface area (Å²) in [6.45, 7) is 0.814. The van der Waals surface area contributed by atoms with Crippen LogP contribution in [0.4, 0.5) is 0 Å². The number of aryl methyl sites for hydroxylation is 1. The summed E-state index contributed by atoms with van der Waals surface area (Å²) in [4.78, 5) is 2.11. The second-order valence-corrected chi connectivity index (χ2v) is 6.45. The predicted molar refractivity (Wildman–Crippen MR) is 95.5 cm³/mol. The van der Waals surface area contributed by atoms with Crippen molar-refractivity contribution in [1.29, 1.82) is 0 Å². The number of para-hydroxylation sites is 1. The summed E-state index contributed by atoms with van der Waals surface area (Å²) in [5, 5.41) is 12.8. The highest BCUT2D eigenvalue weighted by Gasteiger charge is 2.34. The highest BCUT2D eigenvalue weighted by atomic mass is 16.3. The summed E-state index contributed by atoms with van der Waals surface area (Å²) in [6, 6.07) is 18.2. The molecule has 0 spiro atoms. The summed E-state index contributed by atoms with van der Waals surface area (Å²) >= 11 is 0. The van der Waals surface area contributed by atoms with Gasteiger partial charge in [-0.25, -0.2) is 0 Å². The van der Waals surface area contributed by atoms with E-state index in [-0.39, 0.29) is 0 Å². The molecule has 0 aliphatic heterocycles. The molecule has 3 aromatic rings. The molecule has 0 aliphatic rings. The van der Waals surface area contributed by atoms with E-state index in [0.29, 0.717) is 6.42 Å². The summed E-state index contributed by atoms with van der Waals surface area (Å²) in [5.74, 6) is 0. The zero-order chi connectivity index (χ0) is 16.4. The van der Waals surface area contributed by atoms with E-state index in [9.17, 15) is 5.11 Å². The van der Waals surface area contributed by atoms with Gasteiger partial charge < -0.3 is 14.6 Å². The van der Waals surface area contributed by atoms with Gasteiger partial charge in [-0.3, -0.25) is 0 Å². The van der Waals surface area contributed by atoms with Crippen LogP contribution in [0.3, 0.4) is 0 Å². The van der Waals surface area contributed by atoms with Gasteiger partial charge in [-0.15, -0.1) is 0 Å². The van der Waals surface area contributed by atoms with Crippen molar-refractivity contribution in [3.8, 4) is 0 Å². The van der Waals surface area contributed by atoms with Gasteiger partial charge in [0.2, 0.25) is 0 Å². The van der Waals surface area contributed by atoms with Gasteiger partial charge in [-0.1, -0.05) is 48.5 Å². The Bertz CT molecular complexity index is 792. The van der Waals surface area contributed by atoms with Crippen molar-refractivity contribution in [3.05, 3.63) is 71.9 Å². The Morgan fingerprint density at radius 1 is 1.00 bits per heavy atom. The molecule has 1 atom stereocenters. The molecular formula is C20H24N2O. The Hall–Kier alpha value is -2.10. The SMILES string of the molecule is CN(C)CCC(O)(c1ccccc1)c1cn(C)c2ccccc12. The molecular weight excluding hydrogens is 284 g/mol. The van der Waals surface area contributed by atoms with Crippen molar-refractivity contribution in [2.45, 2.75) is 12.0 Å². The number of aliphatic hydroxyl groups is 1. The average Bonchev–Trinajstić information content (AvgIpc) is 2.91. The molecule has 3 nitrogen and oxygen atoms in total. The molecule has 0 bridgehead atoms. The lowest BCUT2D eigenvalue weighted by Gasteiger charge is -2.30. The van der Waals surface area contributed by atoms with Crippen LogP contribution in [0.1, 0.15) is 17.5 Å². The van der Waals surface area contributed by atoms with Crippen molar-refractivity contribution < 1.29 is 5.11 Å². The molecule has 0 saturated carbocycles. The molecule has 1 aromatic heterocycles. The first-order valence-electron chi connectivity index (χ1n) is 7.99. The molecule has 23 heavy (non-hydrogen) atoms. The van der Waals surface area contributed by atoms with Gasteiger partial charge in [0.1, 0.15) is 5.60 Å². The molecule has 1 unspecified atom stereocenters. The standard InChI is InChI=1S/C20H24N2O/c1-21(2)14-13-20(23,16-9-5-4-6-10-16)18-15-22(3)19-12-8-7-11-17(18)19/h4-12,15,23H,13-14H2,1-3H3. The quantitative estimate of drug-likeness (QED) is 0.783. The molecule has 0 fully saturated rings. The molecule has 120 valence electrons. The van der Waals surface area contributed by atoms with E-state index >= 15 is 0 Å². The monoisotopic (exact) mass is 308 g/mol. The van der Waals surface area contributed by atoms with E-state index in [1.165, 1.54) is 0 Å². The van der Waals surface area contributed by atoms with E-state index < -0.39 is 5.60 Å². The first-order valence-corrected chi connectivity index (χ1v) is 7.99. The molecule has 0 aliphatic carbocycles. The van der Waals surface area contributed by atoms with Crippen molar-refractivity contribution in [3.63, 3.8) is 0 Å². The van der Waals surface area contributed by atoms with Gasteiger partial charge in [0.15, 0.2) is 0 Å². The third-order valence-electron chi connectivity index (χ3n) is 4.51. The van der Waals surface area contributed by atoms with Gasteiger partial charge >= 0.3 is 0 Å². The third kappa shape index (κ3) is 2.90. The minimum Gasteiger partial charge on any atom is -0.380 e. The van der Waals surface area contributed by atoms with Crippen LogP contribution in [0, 0.1) is 0 Å². The number of hydrogen-bond acceptors (Lipinski definition) is 2. The van der Waals surface area contributed by atoms with Gasteiger partial charge in [0.25, 0.3) is 0 Å². The number of benzene rings is 2. The highest BCUT2D eigenvalue weighted by molar-refractivity contribution is 5.85. The molecule has 2 aromatic carbocycles. The molecule has 1 N–H and O–H groups in total. The molecule has 0 radical (unpaired) electrons. The Labute approximate surface area is 137 Å². The second-order valence-electron chi connectivity index (χ2n) is 6.45. The van der Waals surface area contributed by atoms with Crippen LogP contribution in [0.5, 0.6) is 0 Å². The summed E-state index contributed by atoms with van der Waals surface area (Å²) < 4.78 is 2.09. The number of aromatic nitrogens is 1. The highest BCUT2D eigenvalue weighted by Crippen LogP contribution is 2.38. The fourth-order valence-corrected chi connectivity index (χ4v) is 3.21. The normalized spacial score (nSPS) is 14.3. The van der Waals surface area contributed by atoms with E-state index in [2.05, 4.69) is 27.8 Å². The van der Waals surface area contributed by atoms with Crippen molar-refractivity contribution in [2.24, 2.45) is 7.05 Å². The predicted octanol–water partition coefficient (Wildman–Crippen LogP) is 3.37. The fraction of sp³-hybridized carbons (Fsp3) is 0.300. The molecule has 3 heteroatoms. The van der Waals surface area contributed by atoms with Crippen LogP contribution in [-0.2, 0) is 12.6 Å². The Morgan fingerprint density at radius 2 is 1.65 bits per heavy atom. The first-order chi connectivity index (χ1) is 11.0. The average molecular weight is 308 g/mol. The number of rotatable bonds is 5. The van der Waals surface area contributed by atoms with Gasteiger partial charge in [0, 0.05) is 36.3 Å². The Balaban J connectivity index is 2.18. The van der Waals surface area contributed by atoms with Crippen LogP contribution < -0.4 is 0 Å².